The minimum atomic E-state index is -0.428. The van der Waals surface area contributed by atoms with Crippen molar-refractivity contribution in [2.45, 2.75) is 6.92 Å². The molecule has 0 aliphatic carbocycles. The smallest absolute Gasteiger partial charge is 0.363 e. The molecule has 21 heavy (non-hydrogen) atoms. The highest BCUT2D eigenvalue weighted by Gasteiger charge is 2.24. The number of benzene rings is 2. The molecule has 0 radical (unpaired) electrons. The molecule has 0 unspecified atom stereocenters. The Bertz CT molecular complexity index is 778. The van der Waals surface area contributed by atoms with Crippen molar-refractivity contribution in [1.82, 2.24) is 0 Å². The van der Waals surface area contributed by atoms with E-state index in [4.69, 9.17) is 4.74 Å². The van der Waals surface area contributed by atoms with E-state index in [1.54, 1.807) is 6.08 Å². The van der Waals surface area contributed by atoms with E-state index in [1.807, 2.05) is 55.5 Å². The quantitative estimate of drug-likeness (QED) is 0.609. The summed E-state index contributed by atoms with van der Waals surface area (Å²) in [6.07, 6.45) is 1.72. The number of cyclic esters (lactones) is 1. The summed E-state index contributed by atoms with van der Waals surface area (Å²) in [5, 5.41) is 0. The summed E-state index contributed by atoms with van der Waals surface area (Å²) in [4.78, 5) is 16.2. The van der Waals surface area contributed by atoms with Gasteiger partial charge in [0, 0.05) is 10.0 Å². The van der Waals surface area contributed by atoms with Gasteiger partial charge in [-0.25, -0.2) is 9.79 Å². The molecular weight excluding hydrogens is 330 g/mol. The number of carbonyl (C=O) groups excluding carboxylic acids is 1. The molecule has 3 rings (SSSR count). The number of rotatable bonds is 2. The van der Waals surface area contributed by atoms with E-state index in [9.17, 15) is 4.79 Å². The fourth-order valence-corrected chi connectivity index (χ4v) is 2.45. The van der Waals surface area contributed by atoms with E-state index < -0.39 is 5.97 Å². The van der Waals surface area contributed by atoms with Gasteiger partial charge in [0.25, 0.3) is 0 Å². The molecule has 0 fully saturated rings. The third kappa shape index (κ3) is 2.95. The highest BCUT2D eigenvalue weighted by molar-refractivity contribution is 9.10. The molecule has 4 heteroatoms. The lowest BCUT2D eigenvalue weighted by atomic mass is 10.1. The van der Waals surface area contributed by atoms with Crippen molar-refractivity contribution in [2.24, 2.45) is 4.99 Å². The molecule has 1 aliphatic heterocycles. The summed E-state index contributed by atoms with van der Waals surface area (Å²) in [6.45, 7) is 1.98. The number of aliphatic imine (C=N–C) groups is 1. The first-order chi connectivity index (χ1) is 10.1. The van der Waals surface area contributed by atoms with Crippen molar-refractivity contribution in [3.05, 3.63) is 75.4 Å². The van der Waals surface area contributed by atoms with E-state index in [0.717, 1.165) is 21.2 Å². The SMILES string of the molecule is Cc1cccc(C2=N/C(=C\c3ccccc3Br)C(=O)O2)c1. The predicted molar refractivity (Wildman–Crippen MR) is 85.9 cm³/mol. The molecule has 0 N–H and O–H groups in total. The van der Waals surface area contributed by atoms with Crippen molar-refractivity contribution >= 4 is 33.9 Å². The molecule has 0 aromatic heterocycles. The summed E-state index contributed by atoms with van der Waals surface area (Å²) in [6, 6.07) is 15.4. The number of esters is 1. The van der Waals surface area contributed by atoms with Gasteiger partial charge < -0.3 is 4.74 Å². The summed E-state index contributed by atoms with van der Waals surface area (Å²) in [5.41, 5.74) is 3.09. The molecular formula is C17H12BrNO2. The first-order valence-electron chi connectivity index (χ1n) is 6.47. The second-order valence-electron chi connectivity index (χ2n) is 4.73. The van der Waals surface area contributed by atoms with Crippen LogP contribution in [0.15, 0.2) is 63.7 Å². The largest absolute Gasteiger partial charge is 0.402 e. The third-order valence-electron chi connectivity index (χ3n) is 3.08. The summed E-state index contributed by atoms with van der Waals surface area (Å²) in [5.74, 6) is -0.0794. The van der Waals surface area contributed by atoms with Crippen LogP contribution in [0, 0.1) is 6.92 Å². The maximum atomic E-state index is 11.9. The predicted octanol–water partition coefficient (Wildman–Crippen LogP) is 4.10. The molecule has 3 nitrogen and oxygen atoms in total. The van der Waals surface area contributed by atoms with Crippen molar-refractivity contribution in [2.75, 3.05) is 0 Å². The molecule has 1 aliphatic rings. The van der Waals surface area contributed by atoms with Gasteiger partial charge in [-0.1, -0.05) is 51.8 Å². The van der Waals surface area contributed by atoms with E-state index in [2.05, 4.69) is 20.9 Å². The van der Waals surface area contributed by atoms with Crippen LogP contribution < -0.4 is 0 Å². The van der Waals surface area contributed by atoms with Crippen LogP contribution in [0.25, 0.3) is 6.08 Å². The molecule has 0 atom stereocenters. The maximum absolute atomic E-state index is 11.9. The third-order valence-corrected chi connectivity index (χ3v) is 3.81. The van der Waals surface area contributed by atoms with Gasteiger partial charge in [-0.15, -0.1) is 0 Å². The van der Waals surface area contributed by atoms with Crippen molar-refractivity contribution in [1.29, 1.82) is 0 Å². The lowest BCUT2D eigenvalue weighted by molar-refractivity contribution is -0.129. The normalized spacial score (nSPS) is 16.0. The van der Waals surface area contributed by atoms with Crippen LogP contribution in [-0.4, -0.2) is 11.9 Å². The van der Waals surface area contributed by atoms with Crippen LogP contribution in [0.1, 0.15) is 16.7 Å². The number of aryl methyl sites for hydroxylation is 1. The number of halogens is 1. The lowest BCUT2D eigenvalue weighted by Gasteiger charge is -1.99. The Labute approximate surface area is 131 Å². The van der Waals surface area contributed by atoms with Gasteiger partial charge in [0.2, 0.25) is 5.90 Å². The summed E-state index contributed by atoms with van der Waals surface area (Å²) < 4.78 is 6.16. The second-order valence-corrected chi connectivity index (χ2v) is 5.58. The van der Waals surface area contributed by atoms with Crippen LogP contribution in [0.5, 0.6) is 0 Å². The fourth-order valence-electron chi connectivity index (χ4n) is 2.05. The van der Waals surface area contributed by atoms with Crippen LogP contribution in [0.3, 0.4) is 0 Å². The zero-order valence-electron chi connectivity index (χ0n) is 11.3. The van der Waals surface area contributed by atoms with Gasteiger partial charge in [-0.05, 0) is 36.8 Å². The van der Waals surface area contributed by atoms with E-state index in [0.29, 0.717) is 11.6 Å². The first-order valence-corrected chi connectivity index (χ1v) is 7.27. The molecule has 0 saturated carbocycles. The molecule has 0 amide bonds. The Morgan fingerprint density at radius 3 is 2.71 bits per heavy atom. The zero-order chi connectivity index (χ0) is 14.8. The van der Waals surface area contributed by atoms with Crippen LogP contribution in [0.2, 0.25) is 0 Å². The Hall–Kier alpha value is -2.20. The summed E-state index contributed by atoms with van der Waals surface area (Å²) >= 11 is 3.45. The van der Waals surface area contributed by atoms with Gasteiger partial charge >= 0.3 is 5.97 Å². The Morgan fingerprint density at radius 1 is 1.14 bits per heavy atom. The highest BCUT2D eigenvalue weighted by Crippen LogP contribution is 2.23. The average molecular weight is 342 g/mol. The maximum Gasteiger partial charge on any atom is 0.363 e. The molecule has 2 aromatic carbocycles. The topological polar surface area (TPSA) is 38.7 Å². The van der Waals surface area contributed by atoms with Gasteiger partial charge in [0.1, 0.15) is 0 Å². The van der Waals surface area contributed by atoms with Gasteiger partial charge in [0.05, 0.1) is 0 Å². The number of nitrogens with zero attached hydrogens (tertiary/aromatic N) is 1. The molecule has 0 bridgehead atoms. The van der Waals surface area contributed by atoms with Gasteiger partial charge in [-0.3, -0.25) is 0 Å². The molecule has 0 saturated heterocycles. The molecule has 104 valence electrons. The molecule has 2 aromatic rings. The van der Waals surface area contributed by atoms with E-state index in [1.165, 1.54) is 0 Å². The van der Waals surface area contributed by atoms with Gasteiger partial charge in [-0.2, -0.15) is 0 Å². The van der Waals surface area contributed by atoms with Crippen molar-refractivity contribution in [3.8, 4) is 0 Å². The number of hydrogen-bond donors (Lipinski definition) is 0. The standard InChI is InChI=1S/C17H12BrNO2/c1-11-5-4-7-13(9-11)16-19-15(17(20)21-16)10-12-6-2-3-8-14(12)18/h2-10H,1H3/b15-10-. The first kappa shape index (κ1) is 13.8. The molecule has 0 spiro atoms. The van der Waals surface area contributed by atoms with Crippen LogP contribution in [-0.2, 0) is 9.53 Å². The van der Waals surface area contributed by atoms with E-state index in [-0.39, 0.29) is 0 Å². The average Bonchev–Trinajstić information content (AvgIpc) is 2.83. The Balaban J connectivity index is 1.98. The Kier molecular flexibility index (Phi) is 3.71. The Morgan fingerprint density at radius 2 is 1.95 bits per heavy atom. The van der Waals surface area contributed by atoms with E-state index >= 15 is 0 Å². The second kappa shape index (κ2) is 5.66. The molecule has 1 heterocycles. The fraction of sp³-hybridized carbons (Fsp3) is 0.0588. The van der Waals surface area contributed by atoms with Crippen LogP contribution >= 0.6 is 15.9 Å². The van der Waals surface area contributed by atoms with Crippen molar-refractivity contribution < 1.29 is 9.53 Å². The van der Waals surface area contributed by atoms with Crippen molar-refractivity contribution in [3.63, 3.8) is 0 Å². The number of ether oxygens (including phenoxy) is 1. The monoisotopic (exact) mass is 341 g/mol. The van der Waals surface area contributed by atoms with Gasteiger partial charge in [0.15, 0.2) is 5.70 Å². The van der Waals surface area contributed by atoms with Crippen LogP contribution in [0.4, 0.5) is 0 Å². The number of carbonyl (C=O) groups is 1. The summed E-state index contributed by atoms with van der Waals surface area (Å²) in [7, 11) is 0. The minimum Gasteiger partial charge on any atom is -0.402 e. The highest BCUT2D eigenvalue weighted by atomic mass is 79.9. The minimum absolute atomic E-state index is 0.304. The zero-order valence-corrected chi connectivity index (χ0v) is 12.9. The lowest BCUT2D eigenvalue weighted by Crippen LogP contribution is -2.05. The number of hydrogen-bond acceptors (Lipinski definition) is 3.